The van der Waals surface area contributed by atoms with Gasteiger partial charge in [0.25, 0.3) is 0 Å². The lowest BCUT2D eigenvalue weighted by molar-refractivity contribution is -0.132. The molecule has 3 heterocycles. The lowest BCUT2D eigenvalue weighted by atomic mass is 9.96. The van der Waals surface area contributed by atoms with Crippen molar-refractivity contribution in [2.24, 2.45) is 5.92 Å². The molecule has 5 rings (SSSR count). The van der Waals surface area contributed by atoms with Gasteiger partial charge in [0.1, 0.15) is 12.4 Å². The number of urea groups is 1. The van der Waals surface area contributed by atoms with Gasteiger partial charge >= 0.3 is 6.03 Å². The van der Waals surface area contributed by atoms with Gasteiger partial charge in [0, 0.05) is 30.5 Å². The molecule has 1 N–H and O–H groups in total. The van der Waals surface area contributed by atoms with E-state index in [1.54, 1.807) is 6.07 Å². The number of amides is 3. The molecule has 1 fully saturated rings. The molecule has 1 saturated heterocycles. The Morgan fingerprint density at radius 1 is 1.31 bits per heavy atom. The van der Waals surface area contributed by atoms with Gasteiger partial charge in [-0.1, -0.05) is 6.08 Å². The van der Waals surface area contributed by atoms with Crippen LogP contribution in [0.3, 0.4) is 0 Å². The highest BCUT2D eigenvalue weighted by Gasteiger charge is 2.42. The van der Waals surface area contributed by atoms with Gasteiger partial charge in [-0.25, -0.2) is 9.18 Å². The fourth-order valence-corrected chi connectivity index (χ4v) is 4.59. The Labute approximate surface area is 168 Å². The van der Waals surface area contributed by atoms with E-state index < -0.39 is 0 Å². The SMILES string of the molecule is Cc1cncc(C2=C[C@H]3C[C@@H]2CN3C(=O)CN2Cc3cc(F)ccc3NC2=O)c1. The molecule has 2 aliphatic heterocycles. The van der Waals surface area contributed by atoms with Crippen molar-refractivity contribution >= 4 is 23.2 Å². The molecular formula is C22H21FN4O2. The van der Waals surface area contributed by atoms with E-state index >= 15 is 0 Å². The highest BCUT2D eigenvalue weighted by molar-refractivity contribution is 5.95. The molecule has 3 aliphatic rings. The number of aryl methyl sites for hydroxylation is 1. The Hall–Kier alpha value is -3.22. The first-order valence-electron chi connectivity index (χ1n) is 9.75. The van der Waals surface area contributed by atoms with Gasteiger partial charge < -0.3 is 15.1 Å². The molecular weight excluding hydrogens is 371 g/mol. The smallest absolute Gasteiger partial charge is 0.322 e. The molecule has 1 aromatic carbocycles. The number of likely N-dealkylation sites (tertiary alicyclic amines) is 1. The van der Waals surface area contributed by atoms with Crippen LogP contribution in [0.5, 0.6) is 0 Å². The summed E-state index contributed by atoms with van der Waals surface area (Å²) >= 11 is 0. The summed E-state index contributed by atoms with van der Waals surface area (Å²) in [6.07, 6.45) is 6.78. The summed E-state index contributed by atoms with van der Waals surface area (Å²) < 4.78 is 13.5. The molecule has 6 nitrogen and oxygen atoms in total. The molecule has 7 heteroatoms. The molecule has 0 saturated carbocycles. The van der Waals surface area contributed by atoms with Crippen molar-refractivity contribution < 1.29 is 14.0 Å². The second-order valence-electron chi connectivity index (χ2n) is 8.01. The lowest BCUT2D eigenvalue weighted by Gasteiger charge is -2.32. The van der Waals surface area contributed by atoms with Crippen LogP contribution < -0.4 is 5.32 Å². The van der Waals surface area contributed by atoms with E-state index in [0.29, 0.717) is 23.7 Å². The second kappa shape index (κ2) is 6.69. The number of benzene rings is 1. The van der Waals surface area contributed by atoms with Crippen LogP contribution in [0.15, 0.2) is 42.7 Å². The highest BCUT2D eigenvalue weighted by Crippen LogP contribution is 2.42. The number of hydrogen-bond donors (Lipinski definition) is 1. The summed E-state index contributed by atoms with van der Waals surface area (Å²) in [5, 5.41) is 2.73. The maximum absolute atomic E-state index is 13.5. The Morgan fingerprint density at radius 2 is 2.17 bits per heavy atom. The van der Waals surface area contributed by atoms with Crippen LogP contribution >= 0.6 is 0 Å². The molecule has 1 aliphatic carbocycles. The van der Waals surface area contributed by atoms with Crippen LogP contribution in [0.25, 0.3) is 5.57 Å². The molecule has 1 aromatic heterocycles. The molecule has 0 spiro atoms. The van der Waals surface area contributed by atoms with Crippen LogP contribution in [0, 0.1) is 18.7 Å². The van der Waals surface area contributed by atoms with E-state index in [0.717, 1.165) is 17.5 Å². The van der Waals surface area contributed by atoms with E-state index in [4.69, 9.17) is 0 Å². The number of anilines is 1. The predicted molar refractivity (Wildman–Crippen MR) is 106 cm³/mol. The number of hydrogen-bond acceptors (Lipinski definition) is 3. The fraction of sp³-hybridized carbons (Fsp3) is 0.318. The first kappa shape index (κ1) is 17.8. The maximum Gasteiger partial charge on any atom is 0.322 e. The molecule has 0 unspecified atom stereocenters. The summed E-state index contributed by atoms with van der Waals surface area (Å²) in [5.41, 5.74) is 4.77. The van der Waals surface area contributed by atoms with Crippen LogP contribution in [0.2, 0.25) is 0 Å². The fourth-order valence-electron chi connectivity index (χ4n) is 4.59. The summed E-state index contributed by atoms with van der Waals surface area (Å²) in [4.78, 5) is 32.8. The van der Waals surface area contributed by atoms with Crippen molar-refractivity contribution in [3.8, 4) is 0 Å². The minimum atomic E-state index is -0.355. The number of carbonyl (C=O) groups excluding carboxylic acids is 2. The predicted octanol–water partition coefficient (Wildman–Crippen LogP) is 3.19. The maximum atomic E-state index is 13.5. The molecule has 2 bridgehead atoms. The van der Waals surface area contributed by atoms with Gasteiger partial charge in [0.2, 0.25) is 5.91 Å². The van der Waals surface area contributed by atoms with E-state index in [1.807, 2.05) is 24.2 Å². The molecule has 3 amide bonds. The van der Waals surface area contributed by atoms with E-state index in [2.05, 4.69) is 22.4 Å². The van der Waals surface area contributed by atoms with E-state index in [9.17, 15) is 14.0 Å². The van der Waals surface area contributed by atoms with Crippen LogP contribution in [-0.2, 0) is 11.3 Å². The Kier molecular flexibility index (Phi) is 4.12. The number of carbonyl (C=O) groups is 2. The minimum absolute atomic E-state index is 0.0137. The van der Waals surface area contributed by atoms with Gasteiger partial charge in [-0.2, -0.15) is 0 Å². The van der Waals surface area contributed by atoms with Crippen molar-refractivity contribution in [2.75, 3.05) is 18.4 Å². The molecule has 2 aromatic rings. The lowest BCUT2D eigenvalue weighted by Crippen LogP contribution is -2.47. The molecule has 29 heavy (non-hydrogen) atoms. The average Bonchev–Trinajstić information content (AvgIpc) is 3.30. The number of halogens is 1. The number of rotatable bonds is 3. The van der Waals surface area contributed by atoms with E-state index in [-0.39, 0.29) is 36.9 Å². The third-order valence-corrected chi connectivity index (χ3v) is 5.97. The van der Waals surface area contributed by atoms with Gasteiger partial charge in [0.15, 0.2) is 0 Å². The van der Waals surface area contributed by atoms with Crippen LogP contribution in [0.1, 0.15) is 23.1 Å². The van der Waals surface area contributed by atoms with Crippen LogP contribution in [0.4, 0.5) is 14.9 Å². The van der Waals surface area contributed by atoms with Gasteiger partial charge in [-0.3, -0.25) is 9.78 Å². The van der Waals surface area contributed by atoms with Crippen molar-refractivity contribution in [2.45, 2.75) is 25.9 Å². The van der Waals surface area contributed by atoms with Gasteiger partial charge in [-0.05, 0) is 59.9 Å². The van der Waals surface area contributed by atoms with Crippen molar-refractivity contribution in [3.05, 3.63) is 65.2 Å². The Balaban J connectivity index is 1.29. The summed E-state index contributed by atoms with van der Waals surface area (Å²) in [6.45, 7) is 2.89. The Bertz CT molecular complexity index is 1050. The van der Waals surface area contributed by atoms with Gasteiger partial charge in [0.05, 0.1) is 12.6 Å². The standard InChI is InChI=1S/C22H21FN4O2/c1-13-4-14(9-24-8-13)19-7-18-6-15(19)11-27(18)21(28)12-26-10-16-5-17(23)2-3-20(16)25-22(26)29/h2-5,7-9,15,18H,6,10-12H2,1H3,(H,25,29)/t15-,18-/m1/s1. The number of nitrogens with one attached hydrogen (secondary N) is 1. The summed E-state index contributed by atoms with van der Waals surface area (Å²) in [6, 6.07) is 6.11. The molecule has 148 valence electrons. The zero-order valence-electron chi connectivity index (χ0n) is 16.1. The summed E-state index contributed by atoms with van der Waals surface area (Å²) in [5.74, 6) is -0.131. The number of pyridine rings is 1. The Morgan fingerprint density at radius 3 is 2.93 bits per heavy atom. The quantitative estimate of drug-likeness (QED) is 0.873. The van der Waals surface area contributed by atoms with Gasteiger partial charge in [-0.15, -0.1) is 0 Å². The van der Waals surface area contributed by atoms with E-state index in [1.165, 1.54) is 22.6 Å². The zero-order valence-corrected chi connectivity index (χ0v) is 16.1. The third kappa shape index (κ3) is 3.16. The van der Waals surface area contributed by atoms with Crippen molar-refractivity contribution in [3.63, 3.8) is 0 Å². The summed E-state index contributed by atoms with van der Waals surface area (Å²) in [7, 11) is 0. The van der Waals surface area contributed by atoms with Crippen molar-refractivity contribution in [1.29, 1.82) is 0 Å². The monoisotopic (exact) mass is 392 g/mol. The van der Waals surface area contributed by atoms with Crippen LogP contribution in [-0.4, -0.2) is 45.9 Å². The molecule has 0 radical (unpaired) electrons. The first-order chi connectivity index (χ1) is 14.0. The molecule has 2 atom stereocenters. The second-order valence-corrected chi connectivity index (χ2v) is 8.01. The highest BCUT2D eigenvalue weighted by atomic mass is 19.1. The normalized spacial score (nSPS) is 22.4. The zero-order chi connectivity index (χ0) is 20.1. The third-order valence-electron chi connectivity index (χ3n) is 5.97. The number of aromatic nitrogens is 1. The largest absolute Gasteiger partial charge is 0.334 e. The van der Waals surface area contributed by atoms with Crippen molar-refractivity contribution in [1.82, 2.24) is 14.8 Å². The topological polar surface area (TPSA) is 65.5 Å². The average molecular weight is 392 g/mol. The number of fused-ring (bicyclic) bond motifs is 3. The minimum Gasteiger partial charge on any atom is -0.334 e. The first-order valence-corrected chi connectivity index (χ1v) is 9.75. The number of nitrogens with zero attached hydrogens (tertiary/aromatic N) is 3.